The third kappa shape index (κ3) is 3.22. The van der Waals surface area contributed by atoms with Gasteiger partial charge in [-0.05, 0) is 29.8 Å². The number of para-hydroxylation sites is 1. The molecule has 0 aromatic heterocycles. The molecule has 0 spiro atoms. The van der Waals surface area contributed by atoms with E-state index in [9.17, 15) is 0 Å². The van der Waals surface area contributed by atoms with Crippen LogP contribution in [0.2, 0.25) is 5.02 Å². The normalized spacial score (nSPS) is 12.1. The minimum absolute atomic E-state index is 0.106. The molecule has 2 nitrogen and oxygen atoms in total. The van der Waals surface area contributed by atoms with Gasteiger partial charge in [-0.3, -0.25) is 0 Å². The van der Waals surface area contributed by atoms with Crippen LogP contribution in [0.25, 0.3) is 0 Å². The monoisotopic (exact) mass is 246 g/mol. The second-order valence-corrected chi connectivity index (χ2v) is 4.29. The second kappa shape index (κ2) is 5.71. The standard InChI is InChI=1S/C14H15ClN2/c15-12-8-6-11(7-9-12)14(10-16)17-13-4-2-1-3-5-13/h1-9,14,17H,10,16H2. The van der Waals surface area contributed by atoms with E-state index in [4.69, 9.17) is 17.3 Å². The molecule has 0 saturated heterocycles. The fraction of sp³-hybridized carbons (Fsp3) is 0.143. The molecule has 0 saturated carbocycles. The lowest BCUT2D eigenvalue weighted by Crippen LogP contribution is -2.20. The molecular weight excluding hydrogens is 232 g/mol. The molecular formula is C14H15ClN2. The third-order valence-corrected chi connectivity index (χ3v) is 2.87. The van der Waals surface area contributed by atoms with Crippen LogP contribution < -0.4 is 11.1 Å². The van der Waals surface area contributed by atoms with Gasteiger partial charge in [-0.15, -0.1) is 0 Å². The van der Waals surface area contributed by atoms with E-state index in [-0.39, 0.29) is 6.04 Å². The van der Waals surface area contributed by atoms with Crippen molar-refractivity contribution in [1.29, 1.82) is 0 Å². The molecule has 0 heterocycles. The first-order valence-corrected chi connectivity index (χ1v) is 5.94. The molecule has 0 aliphatic heterocycles. The maximum absolute atomic E-state index is 5.87. The highest BCUT2D eigenvalue weighted by atomic mass is 35.5. The molecule has 2 rings (SSSR count). The van der Waals surface area contributed by atoms with E-state index in [2.05, 4.69) is 5.32 Å². The Bertz CT molecular complexity index is 453. The Balaban J connectivity index is 2.14. The van der Waals surface area contributed by atoms with Gasteiger partial charge in [-0.1, -0.05) is 41.9 Å². The molecule has 3 heteroatoms. The topological polar surface area (TPSA) is 38.0 Å². The molecule has 0 aliphatic carbocycles. The van der Waals surface area contributed by atoms with E-state index < -0.39 is 0 Å². The second-order valence-electron chi connectivity index (χ2n) is 3.85. The zero-order valence-corrected chi connectivity index (χ0v) is 10.2. The van der Waals surface area contributed by atoms with Crippen molar-refractivity contribution in [2.45, 2.75) is 6.04 Å². The molecule has 2 aromatic carbocycles. The first kappa shape index (κ1) is 12.0. The van der Waals surface area contributed by atoms with Crippen LogP contribution in [0.4, 0.5) is 5.69 Å². The van der Waals surface area contributed by atoms with Gasteiger partial charge in [0.2, 0.25) is 0 Å². The van der Waals surface area contributed by atoms with E-state index in [0.29, 0.717) is 6.54 Å². The summed E-state index contributed by atoms with van der Waals surface area (Å²) < 4.78 is 0. The Morgan fingerprint density at radius 3 is 2.24 bits per heavy atom. The van der Waals surface area contributed by atoms with Crippen molar-refractivity contribution in [1.82, 2.24) is 0 Å². The first-order chi connectivity index (χ1) is 8.29. The lowest BCUT2D eigenvalue weighted by molar-refractivity contribution is 0.790. The van der Waals surface area contributed by atoms with E-state index in [1.54, 1.807) is 0 Å². The predicted octanol–water partition coefficient (Wildman–Crippen LogP) is 3.45. The number of nitrogens with two attached hydrogens (primary N) is 1. The molecule has 0 radical (unpaired) electrons. The van der Waals surface area contributed by atoms with Crippen LogP contribution in [-0.2, 0) is 0 Å². The van der Waals surface area contributed by atoms with Gasteiger partial charge < -0.3 is 11.1 Å². The maximum atomic E-state index is 5.87. The lowest BCUT2D eigenvalue weighted by Gasteiger charge is -2.18. The summed E-state index contributed by atoms with van der Waals surface area (Å²) in [4.78, 5) is 0. The number of halogens is 1. The highest BCUT2D eigenvalue weighted by Crippen LogP contribution is 2.20. The Morgan fingerprint density at radius 2 is 1.65 bits per heavy atom. The molecule has 3 N–H and O–H groups in total. The number of benzene rings is 2. The van der Waals surface area contributed by atoms with Crippen molar-refractivity contribution in [3.05, 3.63) is 65.2 Å². The van der Waals surface area contributed by atoms with Gasteiger partial charge in [0.25, 0.3) is 0 Å². The summed E-state index contributed by atoms with van der Waals surface area (Å²) in [6.45, 7) is 0.538. The van der Waals surface area contributed by atoms with Gasteiger partial charge in [-0.2, -0.15) is 0 Å². The summed E-state index contributed by atoms with van der Waals surface area (Å²) in [5.41, 5.74) is 8.00. The summed E-state index contributed by atoms with van der Waals surface area (Å²) in [6.07, 6.45) is 0. The molecule has 1 atom stereocenters. The van der Waals surface area contributed by atoms with Crippen molar-refractivity contribution in [2.24, 2.45) is 5.73 Å². The van der Waals surface area contributed by atoms with Crippen LogP contribution in [0, 0.1) is 0 Å². The number of hydrogen-bond donors (Lipinski definition) is 2. The Hall–Kier alpha value is -1.51. The predicted molar refractivity (Wildman–Crippen MR) is 73.3 cm³/mol. The first-order valence-electron chi connectivity index (χ1n) is 5.56. The number of rotatable bonds is 4. The fourth-order valence-electron chi connectivity index (χ4n) is 1.71. The minimum Gasteiger partial charge on any atom is -0.377 e. The van der Waals surface area contributed by atoms with Crippen molar-refractivity contribution in [3.8, 4) is 0 Å². The van der Waals surface area contributed by atoms with Crippen molar-refractivity contribution < 1.29 is 0 Å². The van der Waals surface area contributed by atoms with Gasteiger partial charge in [-0.25, -0.2) is 0 Å². The molecule has 0 fully saturated rings. The summed E-state index contributed by atoms with van der Waals surface area (Å²) in [7, 11) is 0. The van der Waals surface area contributed by atoms with Crippen molar-refractivity contribution in [3.63, 3.8) is 0 Å². The molecule has 88 valence electrons. The summed E-state index contributed by atoms with van der Waals surface area (Å²) >= 11 is 5.87. The number of nitrogens with one attached hydrogen (secondary N) is 1. The minimum atomic E-state index is 0.106. The molecule has 1 unspecified atom stereocenters. The van der Waals surface area contributed by atoms with Crippen LogP contribution in [0.1, 0.15) is 11.6 Å². The van der Waals surface area contributed by atoms with Gasteiger partial charge in [0.05, 0.1) is 6.04 Å². The van der Waals surface area contributed by atoms with Crippen molar-refractivity contribution >= 4 is 17.3 Å². The zero-order valence-electron chi connectivity index (χ0n) is 9.44. The van der Waals surface area contributed by atoms with Crippen LogP contribution >= 0.6 is 11.6 Å². The van der Waals surface area contributed by atoms with Gasteiger partial charge in [0.15, 0.2) is 0 Å². The maximum Gasteiger partial charge on any atom is 0.0636 e. The Labute approximate surface area is 106 Å². The van der Waals surface area contributed by atoms with E-state index >= 15 is 0 Å². The average Bonchev–Trinajstić information content (AvgIpc) is 2.38. The summed E-state index contributed by atoms with van der Waals surface area (Å²) in [5, 5.41) is 4.14. The highest BCUT2D eigenvalue weighted by Gasteiger charge is 2.08. The Kier molecular flexibility index (Phi) is 4.02. The fourth-order valence-corrected chi connectivity index (χ4v) is 1.83. The quantitative estimate of drug-likeness (QED) is 0.867. The van der Waals surface area contributed by atoms with Gasteiger partial charge >= 0.3 is 0 Å². The van der Waals surface area contributed by atoms with Gasteiger partial charge in [0.1, 0.15) is 0 Å². The largest absolute Gasteiger partial charge is 0.377 e. The number of hydrogen-bond acceptors (Lipinski definition) is 2. The summed E-state index contributed by atoms with van der Waals surface area (Å²) in [6, 6.07) is 17.9. The SMILES string of the molecule is NCC(Nc1ccccc1)c1ccc(Cl)cc1. The molecule has 0 aliphatic rings. The van der Waals surface area contributed by atoms with Crippen LogP contribution in [0.5, 0.6) is 0 Å². The average molecular weight is 247 g/mol. The van der Waals surface area contributed by atoms with E-state index in [1.807, 2.05) is 54.6 Å². The lowest BCUT2D eigenvalue weighted by atomic mass is 10.1. The molecule has 0 amide bonds. The Morgan fingerprint density at radius 1 is 1.00 bits per heavy atom. The highest BCUT2D eigenvalue weighted by molar-refractivity contribution is 6.30. The number of anilines is 1. The van der Waals surface area contributed by atoms with Gasteiger partial charge in [0, 0.05) is 17.3 Å². The van der Waals surface area contributed by atoms with Crippen LogP contribution in [0.3, 0.4) is 0 Å². The van der Waals surface area contributed by atoms with E-state index in [0.717, 1.165) is 16.3 Å². The zero-order chi connectivity index (χ0) is 12.1. The van der Waals surface area contributed by atoms with Crippen LogP contribution in [-0.4, -0.2) is 6.54 Å². The molecule has 0 bridgehead atoms. The van der Waals surface area contributed by atoms with E-state index in [1.165, 1.54) is 0 Å². The summed E-state index contributed by atoms with van der Waals surface area (Å²) in [5.74, 6) is 0. The molecule has 17 heavy (non-hydrogen) atoms. The third-order valence-electron chi connectivity index (χ3n) is 2.62. The smallest absolute Gasteiger partial charge is 0.0636 e. The molecule has 2 aromatic rings. The van der Waals surface area contributed by atoms with Crippen LogP contribution in [0.15, 0.2) is 54.6 Å². The van der Waals surface area contributed by atoms with Crippen molar-refractivity contribution in [2.75, 3.05) is 11.9 Å².